The Labute approximate surface area is 194 Å². The number of fused-ring (bicyclic) bond motifs is 1. The van der Waals surface area contributed by atoms with Gasteiger partial charge in [-0.05, 0) is 54.8 Å². The second kappa shape index (κ2) is 8.92. The molecular formula is C24H25F3N4O3. The number of ether oxygens (including phenoxy) is 2. The minimum Gasteiger partial charge on any atom is -0.493 e. The number of halogens is 3. The van der Waals surface area contributed by atoms with Crippen molar-refractivity contribution in [3.8, 4) is 11.5 Å². The van der Waals surface area contributed by atoms with Crippen molar-refractivity contribution in [2.75, 3.05) is 24.9 Å². The van der Waals surface area contributed by atoms with Crippen molar-refractivity contribution >= 4 is 17.4 Å². The lowest BCUT2D eigenvalue weighted by Crippen LogP contribution is -2.35. The molecule has 2 unspecified atom stereocenters. The Bertz CT molecular complexity index is 1220. The number of amides is 1. The molecule has 34 heavy (non-hydrogen) atoms. The smallest absolute Gasteiger partial charge is 0.410 e. The second-order valence-corrected chi connectivity index (χ2v) is 8.22. The summed E-state index contributed by atoms with van der Waals surface area (Å²) in [5, 5.41) is 9.79. The van der Waals surface area contributed by atoms with Crippen molar-refractivity contribution in [1.82, 2.24) is 9.78 Å². The lowest BCUT2D eigenvalue weighted by Gasteiger charge is -2.33. The molecule has 1 aliphatic heterocycles. The van der Waals surface area contributed by atoms with Gasteiger partial charge >= 0.3 is 6.18 Å². The van der Waals surface area contributed by atoms with Gasteiger partial charge in [-0.1, -0.05) is 12.1 Å². The van der Waals surface area contributed by atoms with Crippen LogP contribution in [0.25, 0.3) is 0 Å². The SMILES string of the molecule is COc1ccc(C2CC(C(F)(F)F)n3nc(C(=O)Nc4ccc(C)c(C)c4)cc3N2)cc1OC. The van der Waals surface area contributed by atoms with Crippen LogP contribution in [0, 0.1) is 13.8 Å². The molecule has 0 spiro atoms. The maximum absolute atomic E-state index is 14.0. The maximum atomic E-state index is 14.0. The number of nitrogens with zero attached hydrogens (tertiary/aromatic N) is 2. The molecule has 0 radical (unpaired) electrons. The zero-order chi connectivity index (χ0) is 24.6. The molecule has 1 amide bonds. The minimum atomic E-state index is -4.56. The van der Waals surface area contributed by atoms with Crippen molar-refractivity contribution in [3.63, 3.8) is 0 Å². The van der Waals surface area contributed by atoms with Gasteiger partial charge in [0.25, 0.3) is 5.91 Å². The average molecular weight is 474 g/mol. The summed E-state index contributed by atoms with van der Waals surface area (Å²) in [7, 11) is 2.95. The summed E-state index contributed by atoms with van der Waals surface area (Å²) in [5.74, 6) is 0.414. The first-order valence-corrected chi connectivity index (χ1v) is 10.6. The number of aryl methyl sites for hydroxylation is 2. The number of hydrogen-bond donors (Lipinski definition) is 2. The van der Waals surface area contributed by atoms with E-state index >= 15 is 0 Å². The standard InChI is InChI=1S/C24H25F3N4O3/c1-13-5-7-16(9-14(13)2)28-23(32)18-12-22-29-17(11-21(24(25,26)27)31(22)30-18)15-6-8-19(33-3)20(10-15)34-4/h5-10,12,17,21,29H,11H2,1-4H3,(H,28,32). The molecule has 7 nitrogen and oxygen atoms in total. The maximum Gasteiger partial charge on any atom is 0.410 e. The minimum absolute atomic E-state index is 0.108. The number of methoxy groups -OCH3 is 2. The summed E-state index contributed by atoms with van der Waals surface area (Å²) in [6.45, 7) is 3.86. The summed E-state index contributed by atoms with van der Waals surface area (Å²) in [6, 6.07) is 9.13. The van der Waals surface area contributed by atoms with Gasteiger partial charge < -0.3 is 20.1 Å². The average Bonchev–Trinajstić information content (AvgIpc) is 3.24. The van der Waals surface area contributed by atoms with Crippen molar-refractivity contribution in [2.24, 2.45) is 0 Å². The predicted octanol–water partition coefficient (Wildman–Crippen LogP) is 5.43. The molecule has 4 rings (SSSR count). The van der Waals surface area contributed by atoms with Crippen LogP contribution in [0.3, 0.4) is 0 Å². The number of carbonyl (C=O) groups is 1. The molecule has 10 heteroatoms. The van der Waals surface area contributed by atoms with Crippen LogP contribution in [0.5, 0.6) is 11.5 Å². The Balaban J connectivity index is 1.64. The van der Waals surface area contributed by atoms with Crippen LogP contribution in [0.4, 0.5) is 24.7 Å². The Hall–Kier alpha value is -3.69. The fraction of sp³-hybridized carbons (Fsp3) is 0.333. The van der Waals surface area contributed by atoms with E-state index in [1.807, 2.05) is 19.9 Å². The van der Waals surface area contributed by atoms with E-state index in [0.717, 1.165) is 15.8 Å². The number of hydrogen-bond acceptors (Lipinski definition) is 5. The van der Waals surface area contributed by atoms with Gasteiger partial charge in [-0.3, -0.25) is 4.79 Å². The summed E-state index contributed by atoms with van der Waals surface area (Å²) < 4.78 is 53.3. The van der Waals surface area contributed by atoms with Crippen molar-refractivity contribution in [1.29, 1.82) is 0 Å². The van der Waals surface area contributed by atoms with Crippen LogP contribution in [-0.4, -0.2) is 36.1 Å². The van der Waals surface area contributed by atoms with E-state index in [1.54, 1.807) is 30.3 Å². The van der Waals surface area contributed by atoms with Gasteiger partial charge in [-0.15, -0.1) is 0 Å². The van der Waals surface area contributed by atoms with Gasteiger partial charge in [-0.2, -0.15) is 18.3 Å². The zero-order valence-corrected chi connectivity index (χ0v) is 19.2. The first kappa shape index (κ1) is 23.5. The molecule has 1 aliphatic rings. The van der Waals surface area contributed by atoms with Crippen LogP contribution in [0.15, 0.2) is 42.5 Å². The van der Waals surface area contributed by atoms with Gasteiger partial charge in [-0.25, -0.2) is 4.68 Å². The molecule has 3 aromatic rings. The van der Waals surface area contributed by atoms with E-state index in [9.17, 15) is 18.0 Å². The third-order valence-electron chi connectivity index (χ3n) is 6.00. The quantitative estimate of drug-likeness (QED) is 0.516. The Morgan fingerprint density at radius 3 is 2.44 bits per heavy atom. The summed E-state index contributed by atoms with van der Waals surface area (Å²) in [6.07, 6.45) is -4.86. The van der Waals surface area contributed by atoms with Gasteiger partial charge in [0.1, 0.15) is 5.82 Å². The molecule has 1 aromatic heterocycles. The third kappa shape index (κ3) is 4.52. The first-order chi connectivity index (χ1) is 16.1. The fourth-order valence-electron chi connectivity index (χ4n) is 3.99. The van der Waals surface area contributed by atoms with Crippen LogP contribution >= 0.6 is 0 Å². The molecule has 180 valence electrons. The Morgan fingerprint density at radius 1 is 1.06 bits per heavy atom. The van der Waals surface area contributed by atoms with Crippen LogP contribution in [0.1, 0.15) is 45.7 Å². The molecule has 0 aliphatic carbocycles. The van der Waals surface area contributed by atoms with Gasteiger partial charge in [0, 0.05) is 18.2 Å². The lowest BCUT2D eigenvalue weighted by molar-refractivity contribution is -0.173. The number of nitrogens with one attached hydrogen (secondary N) is 2. The van der Waals surface area contributed by atoms with Crippen molar-refractivity contribution in [3.05, 3.63) is 64.8 Å². The molecule has 2 heterocycles. The Morgan fingerprint density at radius 2 is 1.79 bits per heavy atom. The highest BCUT2D eigenvalue weighted by Crippen LogP contribution is 2.44. The Kier molecular flexibility index (Phi) is 6.16. The van der Waals surface area contributed by atoms with E-state index in [1.165, 1.54) is 20.3 Å². The number of benzene rings is 2. The normalized spacial score (nSPS) is 17.5. The van der Waals surface area contributed by atoms with E-state index in [-0.39, 0.29) is 17.9 Å². The highest BCUT2D eigenvalue weighted by molar-refractivity contribution is 6.03. The number of carbonyl (C=O) groups excluding carboxylic acids is 1. The molecule has 2 aromatic carbocycles. The van der Waals surface area contributed by atoms with Gasteiger partial charge in [0.2, 0.25) is 0 Å². The molecule has 2 N–H and O–H groups in total. The topological polar surface area (TPSA) is 77.4 Å². The van der Waals surface area contributed by atoms with Gasteiger partial charge in [0.05, 0.1) is 20.3 Å². The van der Waals surface area contributed by atoms with Gasteiger partial charge in [0.15, 0.2) is 23.2 Å². The van der Waals surface area contributed by atoms with Crippen LogP contribution < -0.4 is 20.1 Å². The molecule has 0 saturated carbocycles. The summed E-state index contributed by atoms with van der Waals surface area (Å²) in [5.41, 5.74) is 3.08. The number of alkyl halides is 3. The lowest BCUT2D eigenvalue weighted by atomic mass is 9.96. The molecular weight excluding hydrogens is 449 g/mol. The monoisotopic (exact) mass is 474 g/mol. The zero-order valence-electron chi connectivity index (χ0n) is 19.2. The number of aromatic nitrogens is 2. The van der Waals surface area contributed by atoms with Crippen molar-refractivity contribution < 1.29 is 27.4 Å². The molecule has 0 fully saturated rings. The molecule has 0 bridgehead atoms. The van der Waals surface area contributed by atoms with Crippen LogP contribution in [0.2, 0.25) is 0 Å². The molecule has 0 saturated heterocycles. The van der Waals surface area contributed by atoms with E-state index in [4.69, 9.17) is 9.47 Å². The largest absolute Gasteiger partial charge is 0.493 e. The fourth-order valence-corrected chi connectivity index (χ4v) is 3.99. The first-order valence-electron chi connectivity index (χ1n) is 10.6. The van der Waals surface area contributed by atoms with Crippen LogP contribution in [-0.2, 0) is 0 Å². The molecule has 2 atom stereocenters. The van der Waals surface area contributed by atoms with E-state index in [2.05, 4.69) is 15.7 Å². The highest BCUT2D eigenvalue weighted by Gasteiger charge is 2.47. The van der Waals surface area contributed by atoms with E-state index in [0.29, 0.717) is 22.7 Å². The third-order valence-corrected chi connectivity index (χ3v) is 6.00. The highest BCUT2D eigenvalue weighted by atomic mass is 19.4. The van der Waals surface area contributed by atoms with E-state index < -0.39 is 24.2 Å². The predicted molar refractivity (Wildman–Crippen MR) is 122 cm³/mol. The number of rotatable bonds is 5. The number of anilines is 2. The summed E-state index contributed by atoms with van der Waals surface area (Å²) in [4.78, 5) is 12.8. The second-order valence-electron chi connectivity index (χ2n) is 8.22. The summed E-state index contributed by atoms with van der Waals surface area (Å²) >= 11 is 0. The van der Waals surface area contributed by atoms with Crippen molar-refractivity contribution in [2.45, 2.75) is 38.5 Å².